The maximum Gasteiger partial charge on any atom is 0.325 e. The molecule has 7 heteroatoms. The first-order valence-corrected chi connectivity index (χ1v) is 11.3. The van der Waals surface area contributed by atoms with E-state index in [1.807, 2.05) is 29.8 Å². The lowest BCUT2D eigenvalue weighted by atomic mass is 10.1. The Morgan fingerprint density at radius 2 is 1.88 bits per heavy atom. The molecular formula is C25H33ClN4O2. The molecule has 0 unspecified atom stereocenters. The van der Waals surface area contributed by atoms with Crippen LogP contribution in [0.15, 0.2) is 48.8 Å². The highest BCUT2D eigenvalue weighted by Gasteiger charge is 2.19. The number of para-hydroxylation sites is 1. The Balaban J connectivity index is 0.00000289. The fraction of sp³-hybridized carbons (Fsp3) is 0.440. The van der Waals surface area contributed by atoms with Crippen LogP contribution >= 0.6 is 12.4 Å². The van der Waals surface area contributed by atoms with Gasteiger partial charge in [0.2, 0.25) is 0 Å². The molecule has 3 heterocycles. The molecule has 1 saturated heterocycles. The van der Waals surface area contributed by atoms with Crippen LogP contribution in [0.2, 0.25) is 0 Å². The number of benzene rings is 1. The van der Waals surface area contributed by atoms with Gasteiger partial charge in [0, 0.05) is 49.5 Å². The molecule has 1 aliphatic heterocycles. The van der Waals surface area contributed by atoms with E-state index in [4.69, 9.17) is 4.74 Å². The van der Waals surface area contributed by atoms with E-state index in [0.717, 1.165) is 56.9 Å². The second-order valence-corrected chi connectivity index (χ2v) is 8.18. The predicted octanol–water partition coefficient (Wildman–Crippen LogP) is 4.08. The summed E-state index contributed by atoms with van der Waals surface area (Å²) in [4.78, 5) is 21.5. The van der Waals surface area contributed by atoms with Gasteiger partial charge < -0.3 is 14.2 Å². The Bertz CT molecular complexity index is 1030. The molecule has 3 aromatic rings. The van der Waals surface area contributed by atoms with Gasteiger partial charge in [-0.2, -0.15) is 0 Å². The Hall–Kier alpha value is -2.57. The first-order valence-electron chi connectivity index (χ1n) is 11.3. The van der Waals surface area contributed by atoms with E-state index in [1.54, 1.807) is 0 Å². The highest BCUT2D eigenvalue weighted by Crippen LogP contribution is 2.23. The molecule has 6 nitrogen and oxygen atoms in total. The Labute approximate surface area is 196 Å². The van der Waals surface area contributed by atoms with Gasteiger partial charge in [-0.25, -0.2) is 4.98 Å². The lowest BCUT2D eigenvalue weighted by Crippen LogP contribution is -2.47. The summed E-state index contributed by atoms with van der Waals surface area (Å²) >= 11 is 0. The van der Waals surface area contributed by atoms with Crippen molar-refractivity contribution < 1.29 is 9.53 Å². The average Bonchev–Trinajstić information content (AvgIpc) is 3.12. The number of hydrogen-bond acceptors (Lipinski definition) is 5. The zero-order valence-electron chi connectivity index (χ0n) is 19.0. The minimum absolute atomic E-state index is 0. The maximum absolute atomic E-state index is 12.0. The summed E-state index contributed by atoms with van der Waals surface area (Å²) in [6.45, 7) is 9.93. The monoisotopic (exact) mass is 456 g/mol. The van der Waals surface area contributed by atoms with Crippen molar-refractivity contribution >= 4 is 35.1 Å². The third-order valence-electron chi connectivity index (χ3n) is 6.05. The molecule has 0 N–H and O–H groups in total. The first kappa shape index (κ1) is 24.1. The SMILES string of the molecule is CCOC(=O)Cn1cc(CCCN2CCN(c3ncccc3C)CC2)c2ccccc21.Cl. The summed E-state index contributed by atoms with van der Waals surface area (Å²) in [5.74, 6) is 0.937. The third-order valence-corrected chi connectivity index (χ3v) is 6.05. The van der Waals surface area contributed by atoms with Crippen molar-refractivity contribution in [3.8, 4) is 0 Å². The van der Waals surface area contributed by atoms with Crippen LogP contribution in [0.3, 0.4) is 0 Å². The van der Waals surface area contributed by atoms with Gasteiger partial charge in [-0.15, -0.1) is 12.4 Å². The molecule has 1 aliphatic rings. The Kier molecular flexibility index (Phi) is 8.53. The van der Waals surface area contributed by atoms with Gasteiger partial charge in [0.1, 0.15) is 12.4 Å². The topological polar surface area (TPSA) is 50.6 Å². The zero-order valence-corrected chi connectivity index (χ0v) is 19.8. The number of aryl methyl sites for hydroxylation is 2. The van der Waals surface area contributed by atoms with Crippen molar-refractivity contribution in [3.63, 3.8) is 0 Å². The average molecular weight is 457 g/mol. The third kappa shape index (κ3) is 5.61. The first-order chi connectivity index (χ1) is 15.2. The lowest BCUT2D eigenvalue weighted by molar-refractivity contribution is -0.143. The van der Waals surface area contributed by atoms with Gasteiger partial charge in [0.05, 0.1) is 6.61 Å². The van der Waals surface area contributed by atoms with Crippen molar-refractivity contribution in [2.24, 2.45) is 0 Å². The molecule has 0 atom stereocenters. The number of ether oxygens (including phenoxy) is 1. The van der Waals surface area contributed by atoms with Crippen molar-refractivity contribution in [2.45, 2.75) is 33.2 Å². The fourth-order valence-electron chi connectivity index (χ4n) is 4.48. The van der Waals surface area contributed by atoms with Gasteiger partial charge in [0.25, 0.3) is 0 Å². The number of aromatic nitrogens is 2. The van der Waals surface area contributed by atoms with Crippen LogP contribution in [0.1, 0.15) is 24.5 Å². The van der Waals surface area contributed by atoms with Crippen LogP contribution in [0.5, 0.6) is 0 Å². The smallest absolute Gasteiger partial charge is 0.325 e. The molecule has 2 aromatic heterocycles. The van der Waals surface area contributed by atoms with Crippen LogP contribution in [0, 0.1) is 6.92 Å². The number of esters is 1. The number of nitrogens with zero attached hydrogens (tertiary/aromatic N) is 4. The molecule has 1 aromatic carbocycles. The van der Waals surface area contributed by atoms with Crippen LogP contribution in [0.4, 0.5) is 5.82 Å². The van der Waals surface area contributed by atoms with Crippen molar-refractivity contribution in [2.75, 3.05) is 44.2 Å². The lowest BCUT2D eigenvalue weighted by Gasteiger charge is -2.36. The molecule has 172 valence electrons. The predicted molar refractivity (Wildman–Crippen MR) is 132 cm³/mol. The molecule has 0 amide bonds. The minimum atomic E-state index is -0.184. The quantitative estimate of drug-likeness (QED) is 0.478. The molecule has 0 radical (unpaired) electrons. The molecule has 4 rings (SSSR count). The highest BCUT2D eigenvalue weighted by atomic mass is 35.5. The van der Waals surface area contributed by atoms with Gasteiger partial charge >= 0.3 is 5.97 Å². The second kappa shape index (κ2) is 11.3. The highest BCUT2D eigenvalue weighted by molar-refractivity contribution is 5.86. The van der Waals surface area contributed by atoms with Crippen molar-refractivity contribution in [1.82, 2.24) is 14.5 Å². The van der Waals surface area contributed by atoms with Crippen LogP contribution in [0.25, 0.3) is 10.9 Å². The summed E-state index contributed by atoms with van der Waals surface area (Å²) < 4.78 is 7.16. The summed E-state index contributed by atoms with van der Waals surface area (Å²) in [5.41, 5.74) is 3.66. The zero-order chi connectivity index (χ0) is 21.6. The number of halogens is 1. The van der Waals surface area contributed by atoms with E-state index in [9.17, 15) is 4.79 Å². The standard InChI is InChI=1S/C25H32N4O2.ClH/c1-3-31-24(30)19-29-18-21(22-10-4-5-11-23(22)29)9-7-13-27-14-16-28(17-15-27)25-20(2)8-6-12-26-25;/h4-6,8,10-12,18H,3,7,9,13-17,19H2,1-2H3;1H. The molecule has 0 spiro atoms. The van der Waals surface area contributed by atoms with E-state index in [2.05, 4.69) is 52.2 Å². The minimum Gasteiger partial charge on any atom is -0.465 e. The molecular weight excluding hydrogens is 424 g/mol. The summed E-state index contributed by atoms with van der Waals surface area (Å²) in [6.07, 6.45) is 6.13. The number of hydrogen-bond donors (Lipinski definition) is 0. The summed E-state index contributed by atoms with van der Waals surface area (Å²) in [6, 6.07) is 12.5. The van der Waals surface area contributed by atoms with E-state index < -0.39 is 0 Å². The maximum atomic E-state index is 12.0. The van der Waals surface area contributed by atoms with E-state index in [0.29, 0.717) is 6.61 Å². The summed E-state index contributed by atoms with van der Waals surface area (Å²) in [5, 5.41) is 1.24. The van der Waals surface area contributed by atoms with Crippen LogP contribution < -0.4 is 4.90 Å². The van der Waals surface area contributed by atoms with Crippen LogP contribution in [-0.4, -0.2) is 59.8 Å². The number of anilines is 1. The van der Waals surface area contributed by atoms with E-state index in [1.165, 1.54) is 16.5 Å². The van der Waals surface area contributed by atoms with Crippen LogP contribution in [-0.2, 0) is 22.5 Å². The van der Waals surface area contributed by atoms with Crippen molar-refractivity contribution in [1.29, 1.82) is 0 Å². The number of carbonyl (C=O) groups is 1. The Morgan fingerprint density at radius 3 is 2.62 bits per heavy atom. The molecule has 0 aliphatic carbocycles. The molecule has 0 saturated carbocycles. The fourth-order valence-corrected chi connectivity index (χ4v) is 4.48. The number of fused-ring (bicyclic) bond motifs is 1. The molecule has 32 heavy (non-hydrogen) atoms. The summed E-state index contributed by atoms with van der Waals surface area (Å²) in [7, 11) is 0. The number of piperazine rings is 1. The molecule has 0 bridgehead atoms. The largest absolute Gasteiger partial charge is 0.465 e. The number of rotatable bonds is 8. The van der Waals surface area contributed by atoms with Gasteiger partial charge in [-0.05, 0) is 56.5 Å². The van der Waals surface area contributed by atoms with E-state index in [-0.39, 0.29) is 24.9 Å². The number of pyridine rings is 1. The van der Waals surface area contributed by atoms with Gasteiger partial charge in [-0.3, -0.25) is 9.69 Å². The van der Waals surface area contributed by atoms with Gasteiger partial charge in [-0.1, -0.05) is 24.3 Å². The Morgan fingerprint density at radius 1 is 1.09 bits per heavy atom. The van der Waals surface area contributed by atoms with Gasteiger partial charge in [0.15, 0.2) is 0 Å². The van der Waals surface area contributed by atoms with E-state index >= 15 is 0 Å². The van der Waals surface area contributed by atoms with Crippen molar-refractivity contribution in [3.05, 3.63) is 59.9 Å². The number of carbonyl (C=O) groups excluding carboxylic acids is 1. The second-order valence-electron chi connectivity index (χ2n) is 8.18. The molecule has 1 fully saturated rings. The normalized spacial score (nSPS) is 14.4.